The number of sulfonamides is 1. The highest BCUT2D eigenvalue weighted by atomic mass is 35.5. The lowest BCUT2D eigenvalue weighted by atomic mass is 10.1. The topological polar surface area (TPSA) is 112 Å². The van der Waals surface area contributed by atoms with Crippen LogP contribution in [0.4, 0.5) is 0 Å². The van der Waals surface area contributed by atoms with E-state index < -0.39 is 10.0 Å². The molecule has 8 nitrogen and oxygen atoms in total. The molecule has 0 radical (unpaired) electrons. The first-order valence-corrected chi connectivity index (χ1v) is 10.5. The fourth-order valence-electron chi connectivity index (χ4n) is 3.38. The Bertz CT molecular complexity index is 1110. The van der Waals surface area contributed by atoms with Crippen LogP contribution in [0.1, 0.15) is 15.9 Å². The third kappa shape index (κ3) is 3.99. The average molecular weight is 436 g/mol. The first-order valence-electron chi connectivity index (χ1n) is 9.01. The summed E-state index contributed by atoms with van der Waals surface area (Å²) in [6, 6.07) is 10.6. The highest BCUT2D eigenvalue weighted by molar-refractivity contribution is 7.89. The number of rotatable bonds is 4. The lowest BCUT2D eigenvalue weighted by Gasteiger charge is -2.34. The second kappa shape index (κ2) is 8.50. The molecule has 4 rings (SSSR count). The van der Waals surface area contributed by atoms with Crippen LogP contribution in [0.5, 0.6) is 0 Å². The SMILES string of the molecule is Cl.NCc1ccc(C(=O)N2CCN(S(=O)(=O)c3c[nH]c4ncccc34)CC2)cc1. The number of carbonyl (C=O) groups excluding carboxylic acids is 1. The fraction of sp³-hybridized carbons (Fsp3) is 0.263. The molecule has 0 spiro atoms. The zero-order valence-electron chi connectivity index (χ0n) is 15.6. The molecule has 3 aromatic rings. The number of hydrogen-bond donors (Lipinski definition) is 2. The van der Waals surface area contributed by atoms with E-state index in [2.05, 4.69) is 9.97 Å². The molecule has 1 aliphatic heterocycles. The van der Waals surface area contributed by atoms with Crippen molar-refractivity contribution in [3.8, 4) is 0 Å². The number of hydrogen-bond acceptors (Lipinski definition) is 5. The van der Waals surface area contributed by atoms with Crippen molar-refractivity contribution in [1.29, 1.82) is 0 Å². The van der Waals surface area contributed by atoms with Gasteiger partial charge in [-0.1, -0.05) is 12.1 Å². The van der Waals surface area contributed by atoms with E-state index in [1.165, 1.54) is 10.5 Å². The van der Waals surface area contributed by atoms with Crippen molar-refractivity contribution < 1.29 is 13.2 Å². The molecule has 1 amide bonds. The number of nitrogens with two attached hydrogens (primary N) is 1. The number of pyridine rings is 1. The summed E-state index contributed by atoms with van der Waals surface area (Å²) in [5.74, 6) is -0.100. The molecule has 29 heavy (non-hydrogen) atoms. The van der Waals surface area contributed by atoms with E-state index in [0.29, 0.717) is 36.2 Å². The zero-order valence-corrected chi connectivity index (χ0v) is 17.2. The Morgan fingerprint density at radius 1 is 1.10 bits per heavy atom. The molecule has 1 aromatic carbocycles. The maximum Gasteiger partial charge on any atom is 0.253 e. The van der Waals surface area contributed by atoms with Gasteiger partial charge in [-0.2, -0.15) is 4.31 Å². The molecule has 0 atom stereocenters. The number of benzene rings is 1. The third-order valence-electron chi connectivity index (χ3n) is 4.99. The van der Waals surface area contributed by atoms with Gasteiger partial charge in [0, 0.05) is 56.1 Å². The number of aromatic nitrogens is 2. The number of nitrogens with one attached hydrogen (secondary N) is 1. The second-order valence-electron chi connectivity index (χ2n) is 6.65. The minimum absolute atomic E-state index is 0. The number of nitrogens with zero attached hydrogens (tertiary/aromatic N) is 3. The number of amides is 1. The normalized spacial score (nSPS) is 15.3. The highest BCUT2D eigenvalue weighted by Gasteiger charge is 2.32. The van der Waals surface area contributed by atoms with Gasteiger partial charge in [0.2, 0.25) is 10.0 Å². The molecule has 154 valence electrons. The van der Waals surface area contributed by atoms with Gasteiger partial charge in [0.15, 0.2) is 0 Å². The quantitative estimate of drug-likeness (QED) is 0.646. The van der Waals surface area contributed by atoms with E-state index in [-0.39, 0.29) is 36.3 Å². The van der Waals surface area contributed by atoms with Crippen molar-refractivity contribution in [3.05, 3.63) is 59.9 Å². The van der Waals surface area contributed by atoms with Gasteiger partial charge in [-0.25, -0.2) is 13.4 Å². The summed E-state index contributed by atoms with van der Waals surface area (Å²) in [6.07, 6.45) is 3.09. The van der Waals surface area contributed by atoms with E-state index in [1.807, 2.05) is 12.1 Å². The predicted molar refractivity (Wildman–Crippen MR) is 112 cm³/mol. The minimum Gasteiger partial charge on any atom is -0.345 e. The summed E-state index contributed by atoms with van der Waals surface area (Å²) in [7, 11) is -3.66. The zero-order chi connectivity index (χ0) is 19.7. The van der Waals surface area contributed by atoms with Crippen molar-refractivity contribution in [2.24, 2.45) is 5.73 Å². The molecule has 10 heteroatoms. The van der Waals surface area contributed by atoms with Crippen LogP contribution < -0.4 is 5.73 Å². The van der Waals surface area contributed by atoms with Gasteiger partial charge in [-0.05, 0) is 29.8 Å². The van der Waals surface area contributed by atoms with Crippen molar-refractivity contribution in [2.75, 3.05) is 26.2 Å². The van der Waals surface area contributed by atoms with Gasteiger partial charge in [-0.3, -0.25) is 4.79 Å². The first kappa shape index (κ1) is 21.3. The standard InChI is InChI=1S/C19H21N5O3S.ClH/c20-12-14-3-5-15(6-4-14)19(25)23-8-10-24(11-9-23)28(26,27)17-13-22-18-16(17)2-1-7-21-18;/h1-7,13H,8-12,20H2,(H,21,22);1H. The molecule has 0 aliphatic carbocycles. The Kier molecular flexibility index (Phi) is 6.23. The van der Waals surface area contributed by atoms with Crippen molar-refractivity contribution in [2.45, 2.75) is 11.4 Å². The molecule has 1 saturated heterocycles. The Labute approximate surface area is 175 Å². The Morgan fingerprint density at radius 3 is 2.45 bits per heavy atom. The predicted octanol–water partition coefficient (Wildman–Crippen LogP) is 1.59. The van der Waals surface area contributed by atoms with Crippen LogP contribution in [0.2, 0.25) is 0 Å². The molecular weight excluding hydrogens is 414 g/mol. The summed E-state index contributed by atoms with van der Waals surface area (Å²) >= 11 is 0. The van der Waals surface area contributed by atoms with Crippen LogP contribution in [0, 0.1) is 0 Å². The van der Waals surface area contributed by atoms with Crippen molar-refractivity contribution in [3.63, 3.8) is 0 Å². The van der Waals surface area contributed by atoms with Crippen LogP contribution in [0.3, 0.4) is 0 Å². The van der Waals surface area contributed by atoms with Crippen molar-refractivity contribution in [1.82, 2.24) is 19.2 Å². The van der Waals surface area contributed by atoms with Crippen LogP contribution in [-0.2, 0) is 16.6 Å². The monoisotopic (exact) mass is 435 g/mol. The highest BCUT2D eigenvalue weighted by Crippen LogP contribution is 2.25. The van der Waals surface area contributed by atoms with Gasteiger partial charge >= 0.3 is 0 Å². The third-order valence-corrected chi connectivity index (χ3v) is 6.93. The fourth-order valence-corrected chi connectivity index (χ4v) is 4.95. The molecule has 0 bridgehead atoms. The van der Waals surface area contributed by atoms with E-state index in [1.54, 1.807) is 35.4 Å². The summed E-state index contributed by atoms with van der Waals surface area (Å²) in [4.78, 5) is 21.6. The molecule has 1 fully saturated rings. The van der Waals surface area contributed by atoms with Crippen LogP contribution in [-0.4, -0.2) is 59.7 Å². The van der Waals surface area contributed by atoms with Crippen LogP contribution in [0.15, 0.2) is 53.7 Å². The van der Waals surface area contributed by atoms with Crippen LogP contribution in [0.25, 0.3) is 11.0 Å². The molecule has 3 N–H and O–H groups in total. The number of piperazine rings is 1. The lowest BCUT2D eigenvalue weighted by Crippen LogP contribution is -2.50. The number of aromatic amines is 1. The molecule has 2 aromatic heterocycles. The van der Waals surface area contributed by atoms with Crippen LogP contribution >= 0.6 is 12.4 Å². The summed E-state index contributed by atoms with van der Waals surface area (Å²) in [6.45, 7) is 1.62. The van der Waals surface area contributed by atoms with E-state index in [9.17, 15) is 13.2 Å². The molecule has 0 saturated carbocycles. The first-order chi connectivity index (χ1) is 13.5. The van der Waals surface area contributed by atoms with Gasteiger partial charge in [-0.15, -0.1) is 12.4 Å². The van der Waals surface area contributed by atoms with E-state index in [4.69, 9.17) is 5.73 Å². The van der Waals surface area contributed by atoms with E-state index >= 15 is 0 Å². The average Bonchev–Trinajstić information content (AvgIpc) is 3.18. The number of H-pyrrole nitrogens is 1. The molecular formula is C19H22ClN5O3S. The van der Waals surface area contributed by atoms with Gasteiger partial charge in [0.25, 0.3) is 5.91 Å². The van der Waals surface area contributed by atoms with E-state index in [0.717, 1.165) is 5.56 Å². The maximum atomic E-state index is 13.0. The lowest BCUT2D eigenvalue weighted by molar-refractivity contribution is 0.0698. The van der Waals surface area contributed by atoms with Gasteiger partial charge < -0.3 is 15.6 Å². The maximum absolute atomic E-state index is 13.0. The Hall–Kier alpha value is -2.46. The van der Waals surface area contributed by atoms with Crippen molar-refractivity contribution >= 4 is 39.4 Å². The minimum atomic E-state index is -3.66. The Balaban J connectivity index is 0.00000240. The number of carbonyl (C=O) groups is 1. The summed E-state index contributed by atoms with van der Waals surface area (Å²) < 4.78 is 27.5. The van der Waals surface area contributed by atoms with Gasteiger partial charge in [0.05, 0.1) is 0 Å². The molecule has 3 heterocycles. The number of fused-ring (bicyclic) bond motifs is 1. The smallest absolute Gasteiger partial charge is 0.253 e. The largest absolute Gasteiger partial charge is 0.345 e. The molecule has 1 aliphatic rings. The second-order valence-corrected chi connectivity index (χ2v) is 8.56. The molecule has 0 unspecified atom stereocenters. The summed E-state index contributed by atoms with van der Waals surface area (Å²) in [5.41, 5.74) is 7.66. The number of halogens is 1. The Morgan fingerprint density at radius 2 is 1.79 bits per heavy atom. The van der Waals surface area contributed by atoms with Gasteiger partial charge in [0.1, 0.15) is 10.5 Å². The summed E-state index contributed by atoms with van der Waals surface area (Å²) in [5, 5.41) is 0.570.